The Labute approximate surface area is 164 Å². The lowest BCUT2D eigenvalue weighted by Gasteiger charge is -2.38. The molecule has 4 aromatic rings. The van der Waals surface area contributed by atoms with Gasteiger partial charge in [0.25, 0.3) is 0 Å². The van der Waals surface area contributed by atoms with Crippen LogP contribution in [0, 0.1) is 6.92 Å². The average molecular weight is 370 g/mol. The van der Waals surface area contributed by atoms with Gasteiger partial charge in [-0.05, 0) is 43.3 Å². The van der Waals surface area contributed by atoms with Gasteiger partial charge in [0.15, 0.2) is 5.76 Å². The molecule has 0 unspecified atom stereocenters. The third kappa shape index (κ3) is 3.25. The molecule has 5 nitrogen and oxygen atoms in total. The summed E-state index contributed by atoms with van der Waals surface area (Å²) in [5.41, 5.74) is 4.32. The Morgan fingerprint density at radius 3 is 2.54 bits per heavy atom. The van der Waals surface area contributed by atoms with Gasteiger partial charge >= 0.3 is 0 Å². The van der Waals surface area contributed by atoms with Gasteiger partial charge in [0.2, 0.25) is 0 Å². The molecule has 1 aliphatic heterocycles. The molecular formula is C23H22N4O. The zero-order valence-corrected chi connectivity index (χ0v) is 15.8. The van der Waals surface area contributed by atoms with E-state index in [9.17, 15) is 0 Å². The standard InChI is InChI=1S/C23H22N4O/c1-17-10-11-22(28-17)23-19(16-27(25-23)20-7-3-2-4-8-20)15-26-13-18(14-26)21-9-5-6-12-24-21/h2-12,16,18H,13-15H2,1H3. The fourth-order valence-corrected chi connectivity index (χ4v) is 3.75. The maximum Gasteiger partial charge on any atom is 0.154 e. The predicted octanol–water partition coefficient (Wildman–Crippen LogP) is 4.44. The van der Waals surface area contributed by atoms with Crippen molar-refractivity contribution in [3.05, 3.63) is 90.1 Å². The molecule has 140 valence electrons. The maximum atomic E-state index is 5.88. The fraction of sp³-hybridized carbons (Fsp3) is 0.217. The molecule has 0 bridgehead atoms. The van der Waals surface area contributed by atoms with Crippen molar-refractivity contribution in [3.8, 4) is 17.1 Å². The number of para-hydroxylation sites is 1. The highest BCUT2D eigenvalue weighted by Crippen LogP contribution is 2.31. The van der Waals surface area contributed by atoms with Gasteiger partial charge in [-0.2, -0.15) is 5.10 Å². The van der Waals surface area contributed by atoms with Crippen LogP contribution in [0.15, 0.2) is 77.5 Å². The van der Waals surface area contributed by atoms with Gasteiger partial charge in [-0.15, -0.1) is 0 Å². The summed E-state index contributed by atoms with van der Waals surface area (Å²) in [6.45, 7) is 4.85. The number of hydrogen-bond acceptors (Lipinski definition) is 4. The van der Waals surface area contributed by atoms with E-state index in [1.54, 1.807) is 0 Å². The first-order chi connectivity index (χ1) is 13.8. The van der Waals surface area contributed by atoms with Crippen molar-refractivity contribution in [1.29, 1.82) is 0 Å². The summed E-state index contributed by atoms with van der Waals surface area (Å²) < 4.78 is 7.82. The first-order valence-corrected chi connectivity index (χ1v) is 9.60. The van der Waals surface area contributed by atoms with Crippen molar-refractivity contribution in [2.75, 3.05) is 13.1 Å². The molecule has 1 saturated heterocycles. The summed E-state index contributed by atoms with van der Waals surface area (Å²) in [5.74, 6) is 2.23. The van der Waals surface area contributed by atoms with Gasteiger partial charge < -0.3 is 4.42 Å². The van der Waals surface area contributed by atoms with Crippen molar-refractivity contribution in [3.63, 3.8) is 0 Å². The van der Waals surface area contributed by atoms with E-state index in [4.69, 9.17) is 9.52 Å². The minimum atomic E-state index is 0.514. The SMILES string of the molecule is Cc1ccc(-c2nn(-c3ccccc3)cc2CN2CC(c3ccccn3)C2)o1. The van der Waals surface area contributed by atoms with Gasteiger partial charge in [0.05, 0.1) is 5.69 Å². The van der Waals surface area contributed by atoms with Crippen LogP contribution in [0.1, 0.15) is 22.9 Å². The van der Waals surface area contributed by atoms with Gasteiger partial charge in [-0.3, -0.25) is 9.88 Å². The van der Waals surface area contributed by atoms with E-state index in [1.165, 1.54) is 11.3 Å². The smallest absolute Gasteiger partial charge is 0.154 e. The Morgan fingerprint density at radius 1 is 1.00 bits per heavy atom. The van der Waals surface area contributed by atoms with Crippen molar-refractivity contribution >= 4 is 0 Å². The number of furan rings is 1. The molecule has 0 radical (unpaired) electrons. The van der Waals surface area contributed by atoms with Crippen LogP contribution in [0.25, 0.3) is 17.1 Å². The monoisotopic (exact) mass is 370 g/mol. The van der Waals surface area contributed by atoms with Gasteiger partial charge in [-0.25, -0.2) is 4.68 Å². The van der Waals surface area contributed by atoms with Crippen LogP contribution in [0.4, 0.5) is 0 Å². The second-order valence-corrected chi connectivity index (χ2v) is 7.34. The van der Waals surface area contributed by atoms with E-state index in [0.29, 0.717) is 5.92 Å². The third-order valence-electron chi connectivity index (χ3n) is 5.24. The number of likely N-dealkylation sites (tertiary alicyclic amines) is 1. The molecule has 0 N–H and O–H groups in total. The van der Waals surface area contributed by atoms with Crippen LogP contribution < -0.4 is 0 Å². The Kier molecular flexibility index (Phi) is 4.29. The lowest BCUT2D eigenvalue weighted by atomic mass is 9.95. The average Bonchev–Trinajstić information content (AvgIpc) is 3.32. The number of hydrogen-bond donors (Lipinski definition) is 0. The summed E-state index contributed by atoms with van der Waals surface area (Å²) >= 11 is 0. The Bertz CT molecular complexity index is 1060. The molecule has 0 saturated carbocycles. The lowest BCUT2D eigenvalue weighted by Crippen LogP contribution is -2.44. The van der Waals surface area contributed by atoms with Crippen molar-refractivity contribution in [2.45, 2.75) is 19.4 Å². The molecule has 0 atom stereocenters. The highest BCUT2D eigenvalue weighted by molar-refractivity contribution is 5.58. The summed E-state index contributed by atoms with van der Waals surface area (Å²) in [6, 6.07) is 20.3. The molecule has 1 fully saturated rings. The van der Waals surface area contributed by atoms with Crippen LogP contribution in [-0.2, 0) is 6.54 Å². The van der Waals surface area contributed by atoms with Crippen molar-refractivity contribution in [2.24, 2.45) is 0 Å². The molecule has 1 aromatic carbocycles. The van der Waals surface area contributed by atoms with Crippen LogP contribution >= 0.6 is 0 Å². The Morgan fingerprint density at radius 2 is 1.82 bits per heavy atom. The third-order valence-corrected chi connectivity index (χ3v) is 5.24. The molecule has 3 aromatic heterocycles. The van der Waals surface area contributed by atoms with Gasteiger partial charge in [0, 0.05) is 49.2 Å². The van der Waals surface area contributed by atoms with E-state index in [0.717, 1.165) is 42.5 Å². The van der Waals surface area contributed by atoms with E-state index in [1.807, 2.05) is 54.2 Å². The summed E-state index contributed by atoms with van der Waals surface area (Å²) in [6.07, 6.45) is 4.00. The molecule has 0 aliphatic carbocycles. The first-order valence-electron chi connectivity index (χ1n) is 9.60. The number of aromatic nitrogens is 3. The van der Waals surface area contributed by atoms with Crippen LogP contribution in [-0.4, -0.2) is 32.8 Å². The maximum absolute atomic E-state index is 5.88. The second kappa shape index (κ2) is 7.09. The molecule has 0 spiro atoms. The van der Waals surface area contributed by atoms with Crippen LogP contribution in [0.3, 0.4) is 0 Å². The molecule has 5 heteroatoms. The predicted molar refractivity (Wildman–Crippen MR) is 108 cm³/mol. The number of nitrogens with zero attached hydrogens (tertiary/aromatic N) is 4. The Hall–Kier alpha value is -3.18. The fourth-order valence-electron chi connectivity index (χ4n) is 3.75. The zero-order valence-electron chi connectivity index (χ0n) is 15.8. The number of benzene rings is 1. The largest absolute Gasteiger partial charge is 0.460 e. The quantitative estimate of drug-likeness (QED) is 0.521. The Balaban J connectivity index is 1.40. The topological polar surface area (TPSA) is 47.1 Å². The highest BCUT2D eigenvalue weighted by Gasteiger charge is 2.30. The molecule has 1 aliphatic rings. The van der Waals surface area contributed by atoms with E-state index >= 15 is 0 Å². The van der Waals surface area contributed by atoms with Crippen molar-refractivity contribution in [1.82, 2.24) is 19.7 Å². The van der Waals surface area contributed by atoms with Gasteiger partial charge in [-0.1, -0.05) is 24.3 Å². The summed E-state index contributed by atoms with van der Waals surface area (Å²) in [4.78, 5) is 6.93. The molecular weight excluding hydrogens is 348 g/mol. The summed E-state index contributed by atoms with van der Waals surface area (Å²) in [7, 11) is 0. The number of rotatable bonds is 5. The molecule has 5 rings (SSSR count). The molecule has 4 heterocycles. The number of pyridine rings is 1. The second-order valence-electron chi connectivity index (χ2n) is 7.34. The summed E-state index contributed by atoms with van der Waals surface area (Å²) in [5, 5.41) is 4.84. The van der Waals surface area contributed by atoms with Crippen molar-refractivity contribution < 1.29 is 4.42 Å². The molecule has 0 amide bonds. The molecule has 28 heavy (non-hydrogen) atoms. The van der Waals surface area contributed by atoms with Crippen LogP contribution in [0.2, 0.25) is 0 Å². The first kappa shape index (κ1) is 17.0. The number of aryl methyl sites for hydroxylation is 1. The highest BCUT2D eigenvalue weighted by atomic mass is 16.3. The van der Waals surface area contributed by atoms with Gasteiger partial charge in [0.1, 0.15) is 11.5 Å². The normalized spacial score (nSPS) is 14.9. The van der Waals surface area contributed by atoms with E-state index in [2.05, 4.69) is 40.3 Å². The lowest BCUT2D eigenvalue weighted by molar-refractivity contribution is 0.137. The van der Waals surface area contributed by atoms with E-state index in [-0.39, 0.29) is 0 Å². The minimum absolute atomic E-state index is 0.514. The van der Waals surface area contributed by atoms with E-state index < -0.39 is 0 Å². The minimum Gasteiger partial charge on any atom is -0.460 e. The van der Waals surface area contributed by atoms with Crippen LogP contribution in [0.5, 0.6) is 0 Å². The zero-order chi connectivity index (χ0) is 18.9.